The molecule has 2 aromatic rings. The van der Waals surface area contributed by atoms with Crippen molar-refractivity contribution in [1.29, 1.82) is 0 Å². The van der Waals surface area contributed by atoms with Gasteiger partial charge in [-0.2, -0.15) is 0 Å². The van der Waals surface area contributed by atoms with E-state index in [4.69, 9.17) is 0 Å². The van der Waals surface area contributed by atoms with Crippen LogP contribution in [0.4, 0.5) is 5.13 Å². The van der Waals surface area contributed by atoms with Crippen molar-refractivity contribution in [2.75, 3.05) is 25.0 Å². The van der Waals surface area contributed by atoms with Crippen LogP contribution in [0.5, 0.6) is 0 Å². The maximum atomic E-state index is 12.8. The summed E-state index contributed by atoms with van der Waals surface area (Å²) in [6.45, 7) is 3.44. The molecular weight excluding hydrogens is 314 g/mol. The third-order valence-electron chi connectivity index (χ3n) is 3.58. The Bertz CT molecular complexity index is 703. The lowest BCUT2D eigenvalue weighted by Crippen LogP contribution is -2.48. The standard InChI is InChI=1S/C15H17N5O2S/c1-10(21)18-15-19-12(9-23-15)14(22)20-6-5-17-8-13(20)11-3-2-4-16-7-11/h2-4,7,9,13,17H,5-6,8H2,1H3,(H,18,19,21). The minimum absolute atomic E-state index is 0.0733. The highest BCUT2D eigenvalue weighted by atomic mass is 32.1. The molecule has 23 heavy (non-hydrogen) atoms. The molecule has 2 aromatic heterocycles. The highest BCUT2D eigenvalue weighted by Gasteiger charge is 2.30. The number of amides is 2. The first-order chi connectivity index (χ1) is 11.1. The second-order valence-corrected chi connectivity index (χ2v) is 6.08. The summed E-state index contributed by atoms with van der Waals surface area (Å²) in [7, 11) is 0. The van der Waals surface area contributed by atoms with Crippen LogP contribution in [0.1, 0.15) is 29.0 Å². The number of rotatable bonds is 3. The fourth-order valence-electron chi connectivity index (χ4n) is 2.55. The van der Waals surface area contributed by atoms with Crippen LogP contribution in [0, 0.1) is 0 Å². The van der Waals surface area contributed by atoms with Crippen molar-refractivity contribution in [3.63, 3.8) is 0 Å². The SMILES string of the molecule is CC(=O)Nc1nc(C(=O)N2CCNCC2c2cccnc2)cs1. The molecule has 1 aliphatic heterocycles. The van der Waals surface area contributed by atoms with Crippen LogP contribution in [0.2, 0.25) is 0 Å². The van der Waals surface area contributed by atoms with E-state index in [0.717, 1.165) is 12.1 Å². The molecule has 8 heteroatoms. The molecule has 3 rings (SSSR count). The quantitative estimate of drug-likeness (QED) is 0.885. The summed E-state index contributed by atoms with van der Waals surface area (Å²) >= 11 is 1.25. The Hall–Kier alpha value is -2.32. The van der Waals surface area contributed by atoms with Crippen LogP contribution >= 0.6 is 11.3 Å². The van der Waals surface area contributed by atoms with Gasteiger partial charge in [0.05, 0.1) is 6.04 Å². The zero-order valence-electron chi connectivity index (χ0n) is 12.7. The van der Waals surface area contributed by atoms with Crippen molar-refractivity contribution < 1.29 is 9.59 Å². The summed E-state index contributed by atoms with van der Waals surface area (Å²) in [6, 6.07) is 3.76. The Labute approximate surface area is 137 Å². The number of hydrogen-bond donors (Lipinski definition) is 2. The number of anilines is 1. The Morgan fingerprint density at radius 3 is 3.09 bits per heavy atom. The van der Waals surface area contributed by atoms with E-state index in [1.165, 1.54) is 18.3 Å². The molecule has 0 aromatic carbocycles. The number of hydrogen-bond acceptors (Lipinski definition) is 6. The molecular formula is C15H17N5O2S. The van der Waals surface area contributed by atoms with Crippen LogP contribution in [-0.2, 0) is 4.79 Å². The first-order valence-electron chi connectivity index (χ1n) is 7.30. The minimum atomic E-state index is -0.200. The number of nitrogens with one attached hydrogen (secondary N) is 2. The van der Waals surface area contributed by atoms with E-state index in [1.807, 2.05) is 12.1 Å². The van der Waals surface area contributed by atoms with Gasteiger partial charge in [-0.05, 0) is 11.6 Å². The van der Waals surface area contributed by atoms with Crippen LogP contribution in [0.15, 0.2) is 29.9 Å². The highest BCUT2D eigenvalue weighted by Crippen LogP contribution is 2.25. The molecule has 1 unspecified atom stereocenters. The van der Waals surface area contributed by atoms with Gasteiger partial charge in [-0.25, -0.2) is 4.98 Å². The molecule has 1 atom stereocenters. The van der Waals surface area contributed by atoms with Gasteiger partial charge >= 0.3 is 0 Å². The summed E-state index contributed by atoms with van der Waals surface area (Å²) in [5.41, 5.74) is 1.35. The third kappa shape index (κ3) is 3.54. The average molecular weight is 331 g/mol. The number of carbonyl (C=O) groups is 2. The molecule has 0 radical (unpaired) electrons. The lowest BCUT2D eigenvalue weighted by Gasteiger charge is -2.36. The van der Waals surface area contributed by atoms with Crippen molar-refractivity contribution in [3.05, 3.63) is 41.2 Å². The number of aromatic nitrogens is 2. The molecule has 0 aliphatic carbocycles. The summed E-state index contributed by atoms with van der Waals surface area (Å²) in [6.07, 6.45) is 3.49. The fraction of sp³-hybridized carbons (Fsp3) is 0.333. The van der Waals surface area contributed by atoms with Crippen molar-refractivity contribution >= 4 is 28.3 Å². The normalized spacial score (nSPS) is 17.8. The Kier molecular flexibility index (Phi) is 4.63. The van der Waals surface area contributed by atoms with Crippen molar-refractivity contribution in [1.82, 2.24) is 20.2 Å². The van der Waals surface area contributed by atoms with Crippen LogP contribution in [0.25, 0.3) is 0 Å². The van der Waals surface area contributed by atoms with Gasteiger partial charge in [-0.3, -0.25) is 14.6 Å². The smallest absolute Gasteiger partial charge is 0.274 e. The molecule has 2 N–H and O–H groups in total. The number of nitrogens with zero attached hydrogens (tertiary/aromatic N) is 3. The monoisotopic (exact) mass is 331 g/mol. The lowest BCUT2D eigenvalue weighted by molar-refractivity contribution is -0.114. The second kappa shape index (κ2) is 6.84. The molecule has 1 saturated heterocycles. The van der Waals surface area contributed by atoms with Crippen molar-refractivity contribution in [2.24, 2.45) is 0 Å². The second-order valence-electron chi connectivity index (χ2n) is 5.22. The maximum Gasteiger partial charge on any atom is 0.274 e. The molecule has 3 heterocycles. The number of pyridine rings is 1. The van der Waals surface area contributed by atoms with E-state index in [9.17, 15) is 9.59 Å². The first-order valence-corrected chi connectivity index (χ1v) is 8.18. The molecule has 0 bridgehead atoms. The van der Waals surface area contributed by atoms with Crippen molar-refractivity contribution in [2.45, 2.75) is 13.0 Å². The van der Waals surface area contributed by atoms with E-state index < -0.39 is 0 Å². The largest absolute Gasteiger partial charge is 0.328 e. The van der Waals surface area contributed by atoms with Gasteiger partial charge in [0.25, 0.3) is 5.91 Å². The van der Waals surface area contributed by atoms with E-state index in [-0.39, 0.29) is 17.9 Å². The summed E-state index contributed by atoms with van der Waals surface area (Å²) in [4.78, 5) is 34.0. The third-order valence-corrected chi connectivity index (χ3v) is 4.34. The van der Waals surface area contributed by atoms with Gasteiger partial charge in [0.1, 0.15) is 5.69 Å². The van der Waals surface area contributed by atoms with Gasteiger partial charge in [-0.1, -0.05) is 6.07 Å². The number of carbonyl (C=O) groups excluding carboxylic acids is 2. The molecule has 0 spiro atoms. The summed E-state index contributed by atoms with van der Waals surface area (Å²) in [5.74, 6) is -0.332. The number of piperazine rings is 1. The van der Waals surface area contributed by atoms with E-state index in [0.29, 0.717) is 23.9 Å². The van der Waals surface area contributed by atoms with Gasteiger partial charge in [0.2, 0.25) is 5.91 Å². The van der Waals surface area contributed by atoms with E-state index >= 15 is 0 Å². The Morgan fingerprint density at radius 2 is 2.35 bits per heavy atom. The van der Waals surface area contributed by atoms with E-state index in [2.05, 4.69) is 20.6 Å². The van der Waals surface area contributed by atoms with Crippen molar-refractivity contribution in [3.8, 4) is 0 Å². The zero-order valence-corrected chi connectivity index (χ0v) is 13.5. The molecule has 2 amide bonds. The molecule has 0 saturated carbocycles. The topological polar surface area (TPSA) is 87.2 Å². The predicted molar refractivity (Wildman–Crippen MR) is 87.3 cm³/mol. The molecule has 1 fully saturated rings. The average Bonchev–Trinajstić information content (AvgIpc) is 3.03. The van der Waals surface area contributed by atoms with Gasteiger partial charge in [0.15, 0.2) is 5.13 Å². The van der Waals surface area contributed by atoms with Gasteiger partial charge < -0.3 is 15.5 Å². The fourth-order valence-corrected chi connectivity index (χ4v) is 3.28. The molecule has 1 aliphatic rings. The Morgan fingerprint density at radius 1 is 1.48 bits per heavy atom. The highest BCUT2D eigenvalue weighted by molar-refractivity contribution is 7.14. The van der Waals surface area contributed by atoms with Crippen LogP contribution in [0.3, 0.4) is 0 Å². The van der Waals surface area contributed by atoms with Gasteiger partial charge in [0, 0.05) is 44.3 Å². The Balaban J connectivity index is 1.81. The van der Waals surface area contributed by atoms with Crippen LogP contribution < -0.4 is 10.6 Å². The first kappa shape index (κ1) is 15.6. The summed E-state index contributed by atoms with van der Waals surface area (Å²) < 4.78 is 0. The van der Waals surface area contributed by atoms with Crippen LogP contribution in [-0.4, -0.2) is 46.3 Å². The minimum Gasteiger partial charge on any atom is -0.328 e. The van der Waals surface area contributed by atoms with Gasteiger partial charge in [-0.15, -0.1) is 11.3 Å². The molecule has 120 valence electrons. The lowest BCUT2D eigenvalue weighted by atomic mass is 10.1. The predicted octanol–water partition coefficient (Wildman–Crippen LogP) is 1.28. The molecule has 7 nitrogen and oxygen atoms in total. The maximum absolute atomic E-state index is 12.8. The summed E-state index contributed by atoms with van der Waals surface area (Å²) in [5, 5.41) is 8.02. The zero-order chi connectivity index (χ0) is 16.2. The van der Waals surface area contributed by atoms with E-state index in [1.54, 1.807) is 22.7 Å². The number of thiazole rings is 1.